The number of benzene rings is 2. The fourth-order valence-corrected chi connectivity index (χ4v) is 6.45. The van der Waals surface area contributed by atoms with E-state index in [1.54, 1.807) is 25.1 Å². The topological polar surface area (TPSA) is 72.2 Å². The van der Waals surface area contributed by atoms with E-state index in [-0.39, 0.29) is 5.91 Å². The number of nitrogens with one attached hydrogen (secondary N) is 1. The van der Waals surface area contributed by atoms with Gasteiger partial charge in [-0.2, -0.15) is 0 Å². The number of carbonyl (C=O) groups is 2. The Balaban J connectivity index is 1.63. The summed E-state index contributed by atoms with van der Waals surface area (Å²) in [4.78, 5) is 26.0. The summed E-state index contributed by atoms with van der Waals surface area (Å²) in [6.07, 6.45) is 0.448. The van der Waals surface area contributed by atoms with Gasteiger partial charge in [0.2, 0.25) is 11.8 Å². The lowest BCUT2D eigenvalue weighted by molar-refractivity contribution is -0.117. The lowest BCUT2D eigenvalue weighted by Gasteiger charge is -2.09. The third-order valence-corrected chi connectivity index (χ3v) is 7.91. The molecule has 166 valence electrons. The van der Waals surface area contributed by atoms with Gasteiger partial charge in [-0.05, 0) is 36.2 Å². The van der Waals surface area contributed by atoms with Crippen molar-refractivity contribution in [3.05, 3.63) is 85.7 Å². The van der Waals surface area contributed by atoms with E-state index >= 15 is 0 Å². The van der Waals surface area contributed by atoms with Crippen LogP contribution in [0.15, 0.2) is 48.5 Å². The Morgan fingerprint density at radius 1 is 1.09 bits per heavy atom. The molecule has 1 aromatic heterocycles. The SMILES string of the molecule is Cc1sc(NC(=O)C2C(c3cc(Cl)cc(Cl)c3)C2(Cl)Cl)c(Cc2ccccc2)c1C(N)=O. The highest BCUT2D eigenvalue weighted by molar-refractivity contribution is 7.16. The minimum Gasteiger partial charge on any atom is -0.366 e. The molecule has 4 nitrogen and oxygen atoms in total. The molecule has 1 saturated carbocycles. The van der Waals surface area contributed by atoms with Gasteiger partial charge in [-0.1, -0.05) is 53.5 Å². The standard InChI is InChI=1S/C23H18Cl4N2O2S/c1-11-17(20(28)30)16(7-12-5-3-2-4-6-12)22(32-11)29-21(31)19-18(23(19,26)27)13-8-14(24)10-15(25)9-13/h2-6,8-10,18-19H,7H2,1H3,(H2,28,30)(H,29,31). The Bertz CT molecular complexity index is 1190. The molecule has 9 heteroatoms. The van der Waals surface area contributed by atoms with Gasteiger partial charge < -0.3 is 11.1 Å². The maximum Gasteiger partial charge on any atom is 0.250 e. The molecule has 2 unspecified atom stereocenters. The molecule has 1 fully saturated rings. The normalized spacial score (nSPS) is 18.9. The van der Waals surface area contributed by atoms with E-state index in [9.17, 15) is 9.59 Å². The first kappa shape index (κ1) is 23.4. The molecular formula is C23H18Cl4N2O2S. The minimum absolute atomic E-state index is 0.345. The number of hydrogen-bond acceptors (Lipinski definition) is 3. The molecule has 2 atom stereocenters. The summed E-state index contributed by atoms with van der Waals surface area (Å²) in [5.74, 6) is -2.05. The van der Waals surface area contributed by atoms with Gasteiger partial charge in [0.15, 0.2) is 0 Å². The highest BCUT2D eigenvalue weighted by Gasteiger charge is 2.67. The summed E-state index contributed by atoms with van der Waals surface area (Å²) in [5.41, 5.74) is 8.43. The molecule has 0 saturated heterocycles. The number of anilines is 1. The quantitative estimate of drug-likeness (QED) is 0.355. The molecule has 4 rings (SSSR count). The number of thiophene rings is 1. The van der Waals surface area contributed by atoms with Crippen molar-refractivity contribution in [2.75, 3.05) is 5.32 Å². The zero-order chi connectivity index (χ0) is 23.2. The first-order chi connectivity index (χ1) is 15.1. The molecule has 1 aliphatic rings. The number of aryl methyl sites for hydroxylation is 1. The molecule has 3 aromatic rings. The Hall–Kier alpha value is -1.76. The van der Waals surface area contributed by atoms with E-state index < -0.39 is 22.1 Å². The van der Waals surface area contributed by atoms with Gasteiger partial charge in [-0.3, -0.25) is 9.59 Å². The van der Waals surface area contributed by atoms with E-state index in [2.05, 4.69) is 5.32 Å². The van der Waals surface area contributed by atoms with Crippen molar-refractivity contribution < 1.29 is 9.59 Å². The molecule has 1 aliphatic carbocycles. The van der Waals surface area contributed by atoms with Crippen molar-refractivity contribution in [1.29, 1.82) is 0 Å². The zero-order valence-corrected chi connectivity index (χ0v) is 20.6. The largest absolute Gasteiger partial charge is 0.366 e. The number of primary amides is 1. The Kier molecular flexibility index (Phi) is 6.49. The van der Waals surface area contributed by atoms with Gasteiger partial charge in [0.05, 0.1) is 16.5 Å². The van der Waals surface area contributed by atoms with Crippen LogP contribution in [-0.4, -0.2) is 16.1 Å². The molecule has 0 radical (unpaired) electrons. The first-order valence-electron chi connectivity index (χ1n) is 9.70. The second-order valence-electron chi connectivity index (χ2n) is 7.69. The molecule has 0 aliphatic heterocycles. The number of alkyl halides is 2. The van der Waals surface area contributed by atoms with Crippen LogP contribution in [0.1, 0.15) is 37.8 Å². The maximum absolute atomic E-state index is 13.2. The van der Waals surface area contributed by atoms with Gasteiger partial charge in [0, 0.05) is 32.8 Å². The fraction of sp³-hybridized carbons (Fsp3) is 0.217. The Morgan fingerprint density at radius 2 is 1.72 bits per heavy atom. The van der Waals surface area contributed by atoms with Gasteiger partial charge in [0.25, 0.3) is 0 Å². The number of carbonyl (C=O) groups excluding carboxylic acids is 2. The fourth-order valence-electron chi connectivity index (χ4n) is 4.00. The molecule has 32 heavy (non-hydrogen) atoms. The minimum atomic E-state index is -1.30. The second kappa shape index (κ2) is 8.88. The lowest BCUT2D eigenvalue weighted by Crippen LogP contribution is -2.18. The molecule has 2 amide bonds. The molecule has 0 spiro atoms. The number of nitrogens with two attached hydrogens (primary N) is 1. The van der Waals surface area contributed by atoms with Crippen LogP contribution in [0.3, 0.4) is 0 Å². The maximum atomic E-state index is 13.2. The molecule has 1 heterocycles. The van der Waals surface area contributed by atoms with E-state index in [4.69, 9.17) is 52.1 Å². The van der Waals surface area contributed by atoms with Crippen molar-refractivity contribution in [3.8, 4) is 0 Å². The van der Waals surface area contributed by atoms with Crippen molar-refractivity contribution in [1.82, 2.24) is 0 Å². The lowest BCUT2D eigenvalue weighted by atomic mass is 10.0. The smallest absolute Gasteiger partial charge is 0.250 e. The predicted octanol–water partition coefficient (Wildman–Crippen LogP) is 6.58. The van der Waals surface area contributed by atoms with Crippen molar-refractivity contribution in [2.24, 2.45) is 11.7 Å². The van der Waals surface area contributed by atoms with Crippen LogP contribution in [0.25, 0.3) is 0 Å². The van der Waals surface area contributed by atoms with Crippen LogP contribution in [0.2, 0.25) is 10.0 Å². The van der Waals surface area contributed by atoms with Gasteiger partial charge in [-0.15, -0.1) is 34.5 Å². The van der Waals surface area contributed by atoms with Crippen LogP contribution in [0, 0.1) is 12.8 Å². The van der Waals surface area contributed by atoms with Crippen molar-refractivity contribution in [3.63, 3.8) is 0 Å². The average molecular weight is 528 g/mol. The third-order valence-electron chi connectivity index (χ3n) is 5.47. The monoisotopic (exact) mass is 526 g/mol. The molecule has 2 aromatic carbocycles. The average Bonchev–Trinajstić information content (AvgIpc) is 3.15. The number of amides is 2. The Morgan fingerprint density at radius 3 is 2.31 bits per heavy atom. The molecular weight excluding hydrogens is 510 g/mol. The third kappa shape index (κ3) is 4.50. The van der Waals surface area contributed by atoms with Crippen LogP contribution in [0.5, 0.6) is 0 Å². The van der Waals surface area contributed by atoms with E-state index in [1.807, 2.05) is 30.3 Å². The summed E-state index contributed by atoms with van der Waals surface area (Å²) in [6.45, 7) is 1.80. The summed E-state index contributed by atoms with van der Waals surface area (Å²) < 4.78 is -1.30. The second-order valence-corrected chi connectivity index (χ2v) is 11.2. The first-order valence-corrected chi connectivity index (χ1v) is 12.0. The highest BCUT2D eigenvalue weighted by Crippen LogP contribution is 2.65. The summed E-state index contributed by atoms with van der Waals surface area (Å²) in [5, 5.41) is 4.37. The van der Waals surface area contributed by atoms with Gasteiger partial charge >= 0.3 is 0 Å². The van der Waals surface area contributed by atoms with Gasteiger partial charge in [-0.25, -0.2) is 0 Å². The zero-order valence-electron chi connectivity index (χ0n) is 16.8. The van der Waals surface area contributed by atoms with Gasteiger partial charge in [0.1, 0.15) is 4.33 Å². The van der Waals surface area contributed by atoms with Crippen LogP contribution in [-0.2, 0) is 11.2 Å². The predicted molar refractivity (Wildman–Crippen MR) is 133 cm³/mol. The molecule has 3 N–H and O–H groups in total. The van der Waals surface area contributed by atoms with E-state index in [0.29, 0.717) is 38.2 Å². The van der Waals surface area contributed by atoms with Crippen LogP contribution >= 0.6 is 57.7 Å². The summed E-state index contributed by atoms with van der Waals surface area (Å²) >= 11 is 26.5. The van der Waals surface area contributed by atoms with E-state index in [0.717, 1.165) is 10.4 Å². The number of rotatable bonds is 6. The van der Waals surface area contributed by atoms with E-state index in [1.165, 1.54) is 11.3 Å². The van der Waals surface area contributed by atoms with Crippen LogP contribution in [0.4, 0.5) is 5.00 Å². The summed E-state index contributed by atoms with van der Waals surface area (Å²) in [7, 11) is 0. The van der Waals surface area contributed by atoms with Crippen molar-refractivity contribution >= 4 is 74.6 Å². The van der Waals surface area contributed by atoms with Crippen LogP contribution < -0.4 is 11.1 Å². The number of hydrogen-bond donors (Lipinski definition) is 2. The number of halogens is 4. The molecule has 0 bridgehead atoms. The highest BCUT2D eigenvalue weighted by atomic mass is 35.5. The summed E-state index contributed by atoms with van der Waals surface area (Å²) in [6, 6.07) is 14.6. The van der Waals surface area contributed by atoms with Crippen molar-refractivity contribution in [2.45, 2.75) is 23.6 Å². The Labute approximate surface area is 209 Å².